The maximum absolute atomic E-state index is 6.49. The van der Waals surface area contributed by atoms with E-state index in [0.717, 1.165) is 19.3 Å². The largest absolute Gasteiger partial charge is 0.327 e. The van der Waals surface area contributed by atoms with Crippen molar-refractivity contribution in [3.63, 3.8) is 0 Å². The molecule has 0 aromatic rings. The number of hydrogen-bond acceptors (Lipinski definition) is 3. The summed E-state index contributed by atoms with van der Waals surface area (Å²) in [5, 5.41) is 0. The van der Waals surface area contributed by atoms with Crippen LogP contribution in [-0.2, 0) is 14.2 Å². The van der Waals surface area contributed by atoms with E-state index in [-0.39, 0.29) is 0 Å². The highest BCUT2D eigenvalue weighted by Gasteiger charge is 2.46. The predicted molar refractivity (Wildman–Crippen MR) is 124 cm³/mol. The molecule has 1 atom stereocenters. The zero-order chi connectivity index (χ0) is 21.2. The molecule has 3 heteroatoms. The van der Waals surface area contributed by atoms with Gasteiger partial charge in [0.25, 0.3) is 5.97 Å². The first kappa shape index (κ1) is 26.9. The van der Waals surface area contributed by atoms with Crippen molar-refractivity contribution >= 4 is 0 Å². The summed E-state index contributed by atoms with van der Waals surface area (Å²) < 4.78 is 19.5. The second kappa shape index (κ2) is 17.5. The number of hydrogen-bond donors (Lipinski definition) is 0. The average Bonchev–Trinajstić information content (AvgIpc) is 3.03. The quantitative estimate of drug-likeness (QED) is 0.129. The normalized spacial score (nSPS) is 17.4. The van der Waals surface area contributed by atoms with Gasteiger partial charge in [0.15, 0.2) is 0 Å². The molecule has 3 nitrogen and oxygen atoms in total. The molecule has 0 amide bonds. The summed E-state index contributed by atoms with van der Waals surface area (Å²) >= 11 is 0. The molecular weight excluding hydrogens is 360 g/mol. The second-order valence-electron chi connectivity index (χ2n) is 9.06. The van der Waals surface area contributed by atoms with Crippen LogP contribution in [0.5, 0.6) is 0 Å². The van der Waals surface area contributed by atoms with Crippen molar-refractivity contribution in [1.82, 2.24) is 0 Å². The molecular formula is C26H52O3. The topological polar surface area (TPSA) is 27.7 Å². The van der Waals surface area contributed by atoms with E-state index in [9.17, 15) is 0 Å². The van der Waals surface area contributed by atoms with E-state index in [0.29, 0.717) is 31.7 Å². The molecule has 0 bridgehead atoms. The first-order valence-corrected chi connectivity index (χ1v) is 13.2. The minimum absolute atomic E-state index is 0.358. The summed E-state index contributed by atoms with van der Waals surface area (Å²) in [6, 6.07) is 0. The van der Waals surface area contributed by atoms with Crippen molar-refractivity contribution in [2.24, 2.45) is 11.8 Å². The van der Waals surface area contributed by atoms with E-state index in [2.05, 4.69) is 27.7 Å². The highest BCUT2D eigenvalue weighted by atomic mass is 16.9. The highest BCUT2D eigenvalue weighted by Crippen LogP contribution is 2.42. The van der Waals surface area contributed by atoms with Crippen LogP contribution < -0.4 is 0 Å². The fraction of sp³-hybridized carbons (Fsp3) is 1.00. The van der Waals surface area contributed by atoms with Gasteiger partial charge in [-0.1, -0.05) is 91.9 Å². The molecule has 0 radical (unpaired) electrons. The Morgan fingerprint density at radius 1 is 0.621 bits per heavy atom. The molecule has 1 unspecified atom stereocenters. The molecule has 0 aromatic carbocycles. The van der Waals surface area contributed by atoms with E-state index < -0.39 is 5.97 Å². The monoisotopic (exact) mass is 412 g/mol. The third kappa shape index (κ3) is 10.6. The molecule has 0 saturated heterocycles. The van der Waals surface area contributed by atoms with Gasteiger partial charge in [0, 0.05) is 5.92 Å². The van der Waals surface area contributed by atoms with Crippen LogP contribution in [0.25, 0.3) is 0 Å². The van der Waals surface area contributed by atoms with Crippen LogP contribution >= 0.6 is 0 Å². The first-order valence-electron chi connectivity index (χ1n) is 13.2. The molecule has 0 spiro atoms. The first-order chi connectivity index (χ1) is 14.2. The fourth-order valence-electron chi connectivity index (χ4n) is 4.74. The van der Waals surface area contributed by atoms with Gasteiger partial charge in [-0.3, -0.25) is 0 Å². The van der Waals surface area contributed by atoms with Crippen LogP contribution in [0.4, 0.5) is 0 Å². The third-order valence-electron chi connectivity index (χ3n) is 6.31. The summed E-state index contributed by atoms with van der Waals surface area (Å²) in [5.74, 6) is 0.190. The van der Waals surface area contributed by atoms with Crippen LogP contribution in [0.3, 0.4) is 0 Å². The lowest BCUT2D eigenvalue weighted by molar-refractivity contribution is -0.412. The molecule has 0 aromatic heterocycles. The van der Waals surface area contributed by atoms with Gasteiger partial charge in [0.05, 0.1) is 19.8 Å². The van der Waals surface area contributed by atoms with Crippen LogP contribution in [0.2, 0.25) is 0 Å². The van der Waals surface area contributed by atoms with E-state index in [4.69, 9.17) is 14.2 Å². The van der Waals surface area contributed by atoms with E-state index in [1.54, 1.807) is 0 Å². The molecule has 1 aliphatic carbocycles. The fourth-order valence-corrected chi connectivity index (χ4v) is 4.74. The van der Waals surface area contributed by atoms with Crippen LogP contribution in [0.15, 0.2) is 0 Å². The van der Waals surface area contributed by atoms with Crippen molar-refractivity contribution < 1.29 is 14.2 Å². The van der Waals surface area contributed by atoms with Crippen molar-refractivity contribution in [3.05, 3.63) is 0 Å². The predicted octanol–water partition coefficient (Wildman–Crippen LogP) is 8.26. The molecule has 174 valence electrons. The Hall–Kier alpha value is -0.120. The minimum atomic E-state index is -0.833. The van der Waals surface area contributed by atoms with Crippen molar-refractivity contribution in [3.8, 4) is 0 Å². The zero-order valence-corrected chi connectivity index (χ0v) is 20.3. The Morgan fingerprint density at radius 3 is 1.59 bits per heavy atom. The molecule has 29 heavy (non-hydrogen) atoms. The van der Waals surface area contributed by atoms with Crippen molar-refractivity contribution in [2.45, 2.75) is 136 Å². The summed E-state index contributed by atoms with van der Waals surface area (Å²) in [5.41, 5.74) is 0. The van der Waals surface area contributed by atoms with Gasteiger partial charge in [-0.2, -0.15) is 0 Å². The SMILES string of the molecule is CCCCCCCCC(C1CCCCCC1)C(OCCC)(OCCC)OCCC. The standard InChI is InChI=1S/C26H52O3/c1-5-9-10-11-12-17-20-25(24-18-15-13-14-16-19-24)26(27-21-6-2,28-22-7-3)29-23-8-4/h24-25H,5-23H2,1-4H3. The van der Waals surface area contributed by atoms with E-state index in [1.165, 1.54) is 83.5 Å². The van der Waals surface area contributed by atoms with Crippen LogP contribution in [-0.4, -0.2) is 25.8 Å². The van der Waals surface area contributed by atoms with Crippen molar-refractivity contribution in [2.75, 3.05) is 19.8 Å². The van der Waals surface area contributed by atoms with Crippen LogP contribution in [0.1, 0.15) is 130 Å². The summed E-state index contributed by atoms with van der Waals surface area (Å²) in [7, 11) is 0. The van der Waals surface area contributed by atoms with Gasteiger partial charge >= 0.3 is 0 Å². The maximum Gasteiger partial charge on any atom is 0.286 e. The molecule has 1 aliphatic rings. The number of rotatable bonds is 18. The lowest BCUT2D eigenvalue weighted by atomic mass is 9.80. The molecule has 0 N–H and O–H groups in total. The second-order valence-corrected chi connectivity index (χ2v) is 9.06. The summed E-state index contributed by atoms with van der Waals surface area (Å²) in [6.07, 6.45) is 20.3. The molecule has 1 rings (SSSR count). The Morgan fingerprint density at radius 2 is 1.10 bits per heavy atom. The molecule has 0 aliphatic heterocycles. The van der Waals surface area contributed by atoms with Gasteiger partial charge in [-0.05, 0) is 44.4 Å². The van der Waals surface area contributed by atoms with E-state index >= 15 is 0 Å². The Kier molecular flexibility index (Phi) is 16.3. The van der Waals surface area contributed by atoms with Crippen molar-refractivity contribution in [1.29, 1.82) is 0 Å². The minimum Gasteiger partial charge on any atom is -0.327 e. The van der Waals surface area contributed by atoms with Gasteiger partial charge in [-0.25, -0.2) is 0 Å². The highest BCUT2D eigenvalue weighted by molar-refractivity contribution is 4.81. The third-order valence-corrected chi connectivity index (χ3v) is 6.31. The summed E-state index contributed by atoms with van der Waals surface area (Å²) in [6.45, 7) is 11.0. The van der Waals surface area contributed by atoms with Gasteiger partial charge in [0.2, 0.25) is 0 Å². The number of unbranched alkanes of at least 4 members (excludes halogenated alkanes) is 5. The summed E-state index contributed by atoms with van der Waals surface area (Å²) in [4.78, 5) is 0. The van der Waals surface area contributed by atoms with Gasteiger partial charge < -0.3 is 14.2 Å². The van der Waals surface area contributed by atoms with Crippen LogP contribution in [0, 0.1) is 11.8 Å². The smallest absolute Gasteiger partial charge is 0.286 e. The Bertz CT molecular complexity index is 328. The maximum atomic E-state index is 6.49. The molecule has 1 saturated carbocycles. The molecule has 1 fully saturated rings. The Balaban J connectivity index is 2.95. The zero-order valence-electron chi connectivity index (χ0n) is 20.3. The van der Waals surface area contributed by atoms with Gasteiger partial charge in [-0.15, -0.1) is 0 Å². The lowest BCUT2D eigenvalue weighted by Gasteiger charge is -2.43. The Labute approximate surface area is 182 Å². The lowest BCUT2D eigenvalue weighted by Crippen LogP contribution is -2.50. The molecule has 0 heterocycles. The van der Waals surface area contributed by atoms with Gasteiger partial charge in [0.1, 0.15) is 0 Å². The number of ether oxygens (including phenoxy) is 3. The van der Waals surface area contributed by atoms with E-state index in [1.807, 2.05) is 0 Å². The average molecular weight is 413 g/mol.